The summed E-state index contributed by atoms with van der Waals surface area (Å²) in [5.74, 6) is 0.851. The molecule has 0 spiro atoms. The Hall–Kier alpha value is -3.73. The molecule has 0 saturated carbocycles. The van der Waals surface area contributed by atoms with E-state index in [0.717, 1.165) is 16.9 Å². The van der Waals surface area contributed by atoms with Gasteiger partial charge in [-0.1, -0.05) is 24.3 Å². The first kappa shape index (κ1) is 21.5. The lowest BCUT2D eigenvalue weighted by Crippen LogP contribution is -2.40. The molecule has 0 atom stereocenters. The van der Waals surface area contributed by atoms with Crippen molar-refractivity contribution in [1.82, 2.24) is 9.88 Å². The van der Waals surface area contributed by atoms with Gasteiger partial charge in [-0.15, -0.1) is 0 Å². The van der Waals surface area contributed by atoms with Crippen molar-refractivity contribution in [2.45, 2.75) is 12.8 Å². The van der Waals surface area contributed by atoms with Crippen LogP contribution in [0.5, 0.6) is 5.75 Å². The van der Waals surface area contributed by atoms with Crippen LogP contribution in [-0.2, 0) is 0 Å². The zero-order valence-electron chi connectivity index (χ0n) is 18.1. The predicted molar refractivity (Wildman–Crippen MR) is 126 cm³/mol. The van der Waals surface area contributed by atoms with Crippen LogP contribution in [0, 0.1) is 5.92 Å². The highest BCUT2D eigenvalue weighted by molar-refractivity contribution is 5.98. The molecule has 4 rings (SSSR count). The van der Waals surface area contributed by atoms with Crippen LogP contribution in [0.2, 0.25) is 0 Å². The molecule has 1 aromatic heterocycles. The summed E-state index contributed by atoms with van der Waals surface area (Å²) in [6.45, 7) is 1.18. The number of ether oxygens (including phenoxy) is 1. The SMILES string of the molecule is COc1ccc(C(=O)C2CCN(C(=O)c3ccc(/C=C/c4ccncc4)cc3)CC2)cc1. The Morgan fingerprint density at radius 1 is 0.844 bits per heavy atom. The van der Waals surface area contributed by atoms with Gasteiger partial charge in [-0.3, -0.25) is 14.6 Å². The summed E-state index contributed by atoms with van der Waals surface area (Å²) in [7, 11) is 1.61. The van der Waals surface area contributed by atoms with Crippen molar-refractivity contribution in [3.63, 3.8) is 0 Å². The Balaban J connectivity index is 1.32. The largest absolute Gasteiger partial charge is 0.497 e. The molecule has 1 saturated heterocycles. The molecule has 3 aromatic rings. The third kappa shape index (κ3) is 5.11. The second-order valence-electron chi connectivity index (χ2n) is 7.90. The predicted octanol–water partition coefficient (Wildman–Crippen LogP) is 5.00. The van der Waals surface area contributed by atoms with Crippen molar-refractivity contribution in [1.29, 1.82) is 0 Å². The number of methoxy groups -OCH3 is 1. The first-order valence-electron chi connectivity index (χ1n) is 10.8. The van der Waals surface area contributed by atoms with Crippen LogP contribution in [0.4, 0.5) is 0 Å². The summed E-state index contributed by atoms with van der Waals surface area (Å²) in [5, 5.41) is 0. The van der Waals surface area contributed by atoms with Gasteiger partial charge < -0.3 is 9.64 Å². The summed E-state index contributed by atoms with van der Waals surface area (Å²) in [6.07, 6.45) is 8.92. The number of piperidine rings is 1. The zero-order valence-corrected chi connectivity index (χ0v) is 18.1. The molecule has 1 aliphatic heterocycles. The minimum Gasteiger partial charge on any atom is -0.497 e. The number of amides is 1. The molecule has 162 valence electrons. The summed E-state index contributed by atoms with van der Waals surface area (Å²) in [6, 6.07) is 18.7. The van der Waals surface area contributed by atoms with Gasteiger partial charge >= 0.3 is 0 Å². The van der Waals surface area contributed by atoms with Crippen molar-refractivity contribution in [2.24, 2.45) is 5.92 Å². The van der Waals surface area contributed by atoms with Crippen LogP contribution in [0.3, 0.4) is 0 Å². The van der Waals surface area contributed by atoms with Crippen LogP contribution in [0.1, 0.15) is 44.7 Å². The quantitative estimate of drug-likeness (QED) is 0.521. The van der Waals surface area contributed by atoms with Gasteiger partial charge in [-0.25, -0.2) is 0 Å². The van der Waals surface area contributed by atoms with E-state index < -0.39 is 0 Å². The normalized spacial score (nSPS) is 14.5. The minimum atomic E-state index is -0.0480. The maximum Gasteiger partial charge on any atom is 0.253 e. The fourth-order valence-corrected chi connectivity index (χ4v) is 3.92. The maximum atomic E-state index is 12.9. The molecule has 1 aliphatic rings. The lowest BCUT2D eigenvalue weighted by Gasteiger charge is -2.31. The van der Waals surface area contributed by atoms with Crippen LogP contribution in [0.25, 0.3) is 12.2 Å². The van der Waals surface area contributed by atoms with Gasteiger partial charge in [-0.05, 0) is 72.5 Å². The third-order valence-electron chi connectivity index (χ3n) is 5.86. The number of carbonyl (C=O) groups is 2. The maximum absolute atomic E-state index is 12.9. The van der Waals surface area contributed by atoms with E-state index in [2.05, 4.69) is 4.98 Å². The van der Waals surface area contributed by atoms with E-state index >= 15 is 0 Å². The summed E-state index contributed by atoms with van der Waals surface area (Å²) in [4.78, 5) is 31.6. The van der Waals surface area contributed by atoms with Gasteiger partial charge in [0.25, 0.3) is 5.91 Å². The van der Waals surface area contributed by atoms with Crippen molar-refractivity contribution >= 4 is 23.8 Å². The fraction of sp³-hybridized carbons (Fsp3) is 0.222. The average molecular weight is 427 g/mol. The number of aromatic nitrogens is 1. The number of likely N-dealkylation sites (tertiary alicyclic amines) is 1. The number of hydrogen-bond donors (Lipinski definition) is 0. The number of nitrogens with zero attached hydrogens (tertiary/aromatic N) is 2. The summed E-state index contributed by atoms with van der Waals surface area (Å²) < 4.78 is 5.16. The molecule has 0 N–H and O–H groups in total. The standard InChI is InChI=1S/C27H26N2O3/c1-32-25-10-8-22(9-11-25)26(30)23-14-18-29(19-15-23)27(31)24-6-4-20(5-7-24)2-3-21-12-16-28-17-13-21/h2-13,16-17,23H,14-15,18-19H2,1H3/b3-2+. The number of ketones is 1. The highest BCUT2D eigenvalue weighted by atomic mass is 16.5. The van der Waals surface area contributed by atoms with Crippen molar-refractivity contribution in [3.8, 4) is 5.75 Å². The van der Waals surface area contributed by atoms with E-state index in [-0.39, 0.29) is 17.6 Å². The van der Waals surface area contributed by atoms with Gasteiger partial charge in [0.15, 0.2) is 5.78 Å². The topological polar surface area (TPSA) is 59.5 Å². The van der Waals surface area contributed by atoms with Gasteiger partial charge in [-0.2, -0.15) is 0 Å². The molecule has 2 heterocycles. The Kier molecular flexibility index (Phi) is 6.75. The van der Waals surface area contributed by atoms with E-state index in [1.54, 1.807) is 19.5 Å². The van der Waals surface area contributed by atoms with Crippen molar-refractivity contribution in [3.05, 3.63) is 95.3 Å². The van der Waals surface area contributed by atoms with Gasteiger partial charge in [0.1, 0.15) is 5.75 Å². The zero-order chi connectivity index (χ0) is 22.3. The second-order valence-corrected chi connectivity index (χ2v) is 7.90. The van der Waals surface area contributed by atoms with E-state index in [1.165, 1.54) is 0 Å². The Morgan fingerprint density at radius 3 is 2.00 bits per heavy atom. The lowest BCUT2D eigenvalue weighted by atomic mass is 9.88. The number of hydrogen-bond acceptors (Lipinski definition) is 4. The molecule has 2 aromatic carbocycles. The smallest absolute Gasteiger partial charge is 0.253 e. The molecular formula is C27H26N2O3. The average Bonchev–Trinajstić information content (AvgIpc) is 2.88. The molecule has 0 bridgehead atoms. The molecule has 0 aliphatic carbocycles. The van der Waals surface area contributed by atoms with E-state index in [0.29, 0.717) is 37.1 Å². The fourth-order valence-electron chi connectivity index (χ4n) is 3.92. The van der Waals surface area contributed by atoms with Crippen LogP contribution < -0.4 is 4.74 Å². The molecule has 1 amide bonds. The highest BCUT2D eigenvalue weighted by Crippen LogP contribution is 2.24. The van der Waals surface area contributed by atoms with Gasteiger partial charge in [0, 0.05) is 42.5 Å². The highest BCUT2D eigenvalue weighted by Gasteiger charge is 2.28. The monoisotopic (exact) mass is 426 g/mol. The van der Waals surface area contributed by atoms with E-state index in [9.17, 15) is 9.59 Å². The lowest BCUT2D eigenvalue weighted by molar-refractivity contribution is 0.0650. The number of rotatable bonds is 6. The Labute approximate surface area is 188 Å². The number of pyridine rings is 1. The summed E-state index contributed by atoms with van der Waals surface area (Å²) in [5.41, 5.74) is 3.48. The molecular weight excluding hydrogens is 400 g/mol. The van der Waals surface area contributed by atoms with Crippen molar-refractivity contribution in [2.75, 3.05) is 20.2 Å². The molecule has 0 radical (unpaired) electrons. The molecule has 5 heteroatoms. The first-order chi connectivity index (χ1) is 15.6. The van der Waals surface area contributed by atoms with Gasteiger partial charge in [0.2, 0.25) is 0 Å². The third-order valence-corrected chi connectivity index (χ3v) is 5.86. The molecule has 1 fully saturated rings. The second kappa shape index (κ2) is 10.1. The van der Waals surface area contributed by atoms with Crippen LogP contribution >= 0.6 is 0 Å². The van der Waals surface area contributed by atoms with E-state index in [4.69, 9.17) is 4.74 Å². The number of benzene rings is 2. The Morgan fingerprint density at radius 2 is 1.41 bits per heavy atom. The number of carbonyl (C=O) groups excluding carboxylic acids is 2. The minimum absolute atomic E-state index is 0.0185. The summed E-state index contributed by atoms with van der Waals surface area (Å²) >= 11 is 0. The van der Waals surface area contributed by atoms with Gasteiger partial charge in [0.05, 0.1) is 7.11 Å². The van der Waals surface area contributed by atoms with Crippen molar-refractivity contribution < 1.29 is 14.3 Å². The van der Waals surface area contributed by atoms with Crippen LogP contribution in [0.15, 0.2) is 73.1 Å². The molecule has 5 nitrogen and oxygen atoms in total. The number of Topliss-reactive ketones (excluding diaryl/α,β-unsaturated/α-hetero) is 1. The molecule has 0 unspecified atom stereocenters. The van der Waals surface area contributed by atoms with E-state index in [1.807, 2.05) is 77.7 Å². The molecule has 32 heavy (non-hydrogen) atoms. The van der Waals surface area contributed by atoms with Crippen LogP contribution in [-0.4, -0.2) is 41.8 Å². The first-order valence-corrected chi connectivity index (χ1v) is 10.8. The Bertz CT molecular complexity index is 1080.